The normalized spacial score (nSPS) is 11.5. The zero-order valence-electron chi connectivity index (χ0n) is 10.7. The third-order valence-electron chi connectivity index (χ3n) is 2.48. The highest BCUT2D eigenvalue weighted by atomic mass is 32.2. The van der Waals surface area contributed by atoms with E-state index >= 15 is 0 Å². The summed E-state index contributed by atoms with van der Waals surface area (Å²) in [4.78, 5) is 16.1. The van der Waals surface area contributed by atoms with Crippen molar-refractivity contribution in [2.45, 2.75) is 24.5 Å². The molecule has 0 spiro atoms. The lowest BCUT2D eigenvalue weighted by molar-refractivity contribution is -0.136. The van der Waals surface area contributed by atoms with Gasteiger partial charge in [0.25, 0.3) is 10.0 Å². The molecule has 0 radical (unpaired) electrons. The molecule has 0 unspecified atom stereocenters. The van der Waals surface area contributed by atoms with Gasteiger partial charge in [-0.1, -0.05) is 0 Å². The number of nitrogens with one attached hydrogen (secondary N) is 1. The summed E-state index contributed by atoms with van der Waals surface area (Å²) in [5, 5.41) is 8.99. The highest BCUT2D eigenvalue weighted by Gasteiger charge is 2.19. The number of aromatic nitrogens is 1. The van der Waals surface area contributed by atoms with Crippen LogP contribution in [-0.2, 0) is 21.2 Å². The molecule has 0 aliphatic carbocycles. The second-order valence-electron chi connectivity index (χ2n) is 4.06. The summed E-state index contributed by atoms with van der Waals surface area (Å²) in [6, 6.07) is 2.91. The number of hydrogen-bond donors (Lipinski definition) is 2. The molecule has 9 heteroatoms. The van der Waals surface area contributed by atoms with E-state index < -0.39 is 16.0 Å². The predicted octanol–water partition coefficient (Wildman–Crippen LogP) is 2.25. The summed E-state index contributed by atoms with van der Waals surface area (Å²) in [6.45, 7) is 3.67. The van der Waals surface area contributed by atoms with Crippen molar-refractivity contribution in [3.8, 4) is 0 Å². The van der Waals surface area contributed by atoms with Gasteiger partial charge in [-0.15, -0.1) is 22.7 Å². The van der Waals surface area contributed by atoms with E-state index in [9.17, 15) is 13.2 Å². The first-order valence-electron chi connectivity index (χ1n) is 5.55. The van der Waals surface area contributed by atoms with E-state index in [0.29, 0.717) is 10.0 Å². The van der Waals surface area contributed by atoms with Crippen LogP contribution in [0.3, 0.4) is 0 Å². The molecule has 2 rings (SSSR count). The smallest absolute Gasteiger partial charge is 0.308 e. The molecule has 20 heavy (non-hydrogen) atoms. The van der Waals surface area contributed by atoms with Gasteiger partial charge in [0.1, 0.15) is 4.21 Å². The monoisotopic (exact) mass is 332 g/mol. The Morgan fingerprint density at radius 1 is 1.35 bits per heavy atom. The fourth-order valence-corrected chi connectivity index (χ4v) is 4.82. The maximum atomic E-state index is 12.1. The first kappa shape index (κ1) is 14.9. The van der Waals surface area contributed by atoms with Crippen LogP contribution in [0.15, 0.2) is 16.3 Å². The Hall–Kier alpha value is -1.45. The van der Waals surface area contributed by atoms with Crippen LogP contribution in [0, 0.1) is 13.8 Å². The predicted molar refractivity (Wildman–Crippen MR) is 78.1 cm³/mol. The summed E-state index contributed by atoms with van der Waals surface area (Å²) in [5.41, 5.74) is 0.783. The Labute approximate surface area is 124 Å². The maximum Gasteiger partial charge on any atom is 0.308 e. The maximum absolute atomic E-state index is 12.1. The number of carboxylic acid groups (broad SMARTS) is 1. The topological polar surface area (TPSA) is 96.4 Å². The molecule has 0 aromatic carbocycles. The molecule has 2 aromatic heterocycles. The van der Waals surface area contributed by atoms with Gasteiger partial charge in [-0.3, -0.25) is 9.52 Å². The minimum Gasteiger partial charge on any atom is -0.481 e. The number of thiophene rings is 1. The van der Waals surface area contributed by atoms with Crippen molar-refractivity contribution in [1.29, 1.82) is 0 Å². The van der Waals surface area contributed by atoms with Crippen LogP contribution in [-0.4, -0.2) is 24.5 Å². The number of aliphatic carboxylic acids is 1. The number of nitrogens with zero attached hydrogens (tertiary/aromatic N) is 1. The lowest BCUT2D eigenvalue weighted by atomic mass is 10.3. The fraction of sp³-hybridized carbons (Fsp3) is 0.273. The van der Waals surface area contributed by atoms with Crippen molar-refractivity contribution < 1.29 is 18.3 Å². The quantitative estimate of drug-likeness (QED) is 0.875. The van der Waals surface area contributed by atoms with Crippen LogP contribution in [0.1, 0.15) is 15.4 Å². The number of hydrogen-bond acceptors (Lipinski definition) is 6. The number of carbonyl (C=O) groups is 1. The molecule has 6 nitrogen and oxygen atoms in total. The molecule has 0 aliphatic rings. The summed E-state index contributed by atoms with van der Waals surface area (Å²) < 4.78 is 26.8. The third-order valence-corrected chi connectivity index (χ3v) is 6.51. The van der Waals surface area contributed by atoms with Crippen molar-refractivity contribution in [3.05, 3.63) is 27.6 Å². The van der Waals surface area contributed by atoms with Gasteiger partial charge in [-0.05, 0) is 26.0 Å². The first-order chi connectivity index (χ1) is 9.28. The van der Waals surface area contributed by atoms with Crippen LogP contribution >= 0.6 is 22.7 Å². The Kier molecular flexibility index (Phi) is 4.11. The first-order valence-corrected chi connectivity index (χ1v) is 8.67. The molecule has 0 aliphatic heterocycles. The molecule has 0 amide bonds. The minimum atomic E-state index is -3.71. The van der Waals surface area contributed by atoms with Gasteiger partial charge in [0.15, 0.2) is 5.13 Å². The molecule has 0 saturated carbocycles. The van der Waals surface area contributed by atoms with E-state index in [0.717, 1.165) is 21.9 Å². The second-order valence-corrected chi connectivity index (χ2v) is 8.34. The molecule has 2 N–H and O–H groups in total. The molecular weight excluding hydrogens is 320 g/mol. The summed E-state index contributed by atoms with van der Waals surface area (Å²) in [5.74, 6) is -0.991. The van der Waals surface area contributed by atoms with Gasteiger partial charge in [0.2, 0.25) is 0 Å². The average molecular weight is 332 g/mol. The molecule has 2 heterocycles. The van der Waals surface area contributed by atoms with E-state index in [1.807, 2.05) is 6.92 Å². The number of sulfonamides is 1. The van der Waals surface area contributed by atoms with E-state index in [2.05, 4.69) is 9.71 Å². The summed E-state index contributed by atoms with van der Waals surface area (Å²) in [7, 11) is -3.71. The molecule has 0 fully saturated rings. The lowest BCUT2D eigenvalue weighted by Crippen LogP contribution is -2.11. The highest BCUT2D eigenvalue weighted by Crippen LogP contribution is 2.27. The molecule has 0 saturated heterocycles. The number of thiazole rings is 1. The zero-order chi connectivity index (χ0) is 14.9. The Bertz CT molecular complexity index is 726. The van der Waals surface area contributed by atoms with E-state index in [1.165, 1.54) is 23.5 Å². The molecule has 0 bridgehead atoms. The van der Waals surface area contributed by atoms with Crippen LogP contribution < -0.4 is 4.72 Å². The van der Waals surface area contributed by atoms with Gasteiger partial charge in [-0.2, -0.15) is 0 Å². The van der Waals surface area contributed by atoms with Crippen LogP contribution in [0.5, 0.6) is 0 Å². The Morgan fingerprint density at radius 3 is 2.60 bits per heavy atom. The standard InChI is InChI=1S/C11H12N2O4S3/c1-6-7(2)18-11(12-6)13-20(16,17)10-4-3-8(19-10)5-9(14)15/h3-4H,5H2,1-2H3,(H,12,13)(H,14,15). The minimum absolute atomic E-state index is 0.0826. The lowest BCUT2D eigenvalue weighted by Gasteiger charge is -2.01. The zero-order valence-corrected chi connectivity index (χ0v) is 13.2. The molecule has 0 atom stereocenters. The molecule has 2 aromatic rings. The van der Waals surface area contributed by atoms with Gasteiger partial charge < -0.3 is 5.11 Å². The average Bonchev–Trinajstić information content (AvgIpc) is 2.86. The van der Waals surface area contributed by atoms with Crippen molar-refractivity contribution in [1.82, 2.24) is 4.98 Å². The van der Waals surface area contributed by atoms with Gasteiger partial charge >= 0.3 is 5.97 Å². The largest absolute Gasteiger partial charge is 0.481 e. The molecular formula is C11H12N2O4S3. The van der Waals surface area contributed by atoms with Crippen molar-refractivity contribution >= 4 is 43.8 Å². The van der Waals surface area contributed by atoms with Crippen LogP contribution in [0.2, 0.25) is 0 Å². The summed E-state index contributed by atoms with van der Waals surface area (Å²) in [6.07, 6.45) is -0.185. The Morgan fingerprint density at radius 2 is 2.05 bits per heavy atom. The number of anilines is 1. The van der Waals surface area contributed by atoms with Crippen LogP contribution in [0.25, 0.3) is 0 Å². The molecule has 108 valence electrons. The van der Waals surface area contributed by atoms with Crippen molar-refractivity contribution in [2.24, 2.45) is 0 Å². The highest BCUT2D eigenvalue weighted by molar-refractivity contribution is 7.94. The van der Waals surface area contributed by atoms with E-state index in [-0.39, 0.29) is 10.6 Å². The summed E-state index contributed by atoms with van der Waals surface area (Å²) >= 11 is 2.21. The third kappa shape index (κ3) is 3.35. The fourth-order valence-electron chi connectivity index (χ4n) is 1.43. The van der Waals surface area contributed by atoms with E-state index in [1.54, 1.807) is 6.92 Å². The second kappa shape index (κ2) is 5.51. The number of aryl methyl sites for hydroxylation is 2. The van der Waals surface area contributed by atoms with Gasteiger partial charge in [-0.25, -0.2) is 13.4 Å². The number of carboxylic acids is 1. The SMILES string of the molecule is Cc1nc(NS(=O)(=O)c2ccc(CC(=O)O)s2)sc1C. The number of rotatable bonds is 5. The van der Waals surface area contributed by atoms with Crippen molar-refractivity contribution in [3.63, 3.8) is 0 Å². The Balaban J connectivity index is 2.21. The van der Waals surface area contributed by atoms with Crippen molar-refractivity contribution in [2.75, 3.05) is 4.72 Å². The van der Waals surface area contributed by atoms with Gasteiger partial charge in [0, 0.05) is 9.75 Å². The van der Waals surface area contributed by atoms with Gasteiger partial charge in [0.05, 0.1) is 12.1 Å². The van der Waals surface area contributed by atoms with Crippen LogP contribution in [0.4, 0.5) is 5.13 Å². The van der Waals surface area contributed by atoms with E-state index in [4.69, 9.17) is 5.11 Å².